The summed E-state index contributed by atoms with van der Waals surface area (Å²) in [6, 6.07) is 0. The first-order valence-electron chi connectivity index (χ1n) is 2.05. The third-order valence-corrected chi connectivity index (χ3v) is 1.10. The summed E-state index contributed by atoms with van der Waals surface area (Å²) >= 11 is 8.42. The first-order chi connectivity index (χ1) is 3.55. The molecule has 0 spiro atoms. The quantitative estimate of drug-likeness (QED) is 0.473. The number of rotatable bonds is 2. The van der Waals surface area contributed by atoms with E-state index < -0.39 is 16.7 Å². The van der Waals surface area contributed by atoms with Crippen LogP contribution in [0.2, 0.25) is 0 Å². The van der Waals surface area contributed by atoms with Crippen LogP contribution in [-0.4, -0.2) is 16.7 Å². The van der Waals surface area contributed by atoms with E-state index in [0.29, 0.717) is 0 Å². The van der Waals surface area contributed by atoms with E-state index in [-0.39, 0.29) is 0 Å². The molecule has 0 saturated carbocycles. The zero-order chi connectivity index (χ0) is 6.73. The van der Waals surface area contributed by atoms with Gasteiger partial charge in [0.25, 0.3) is 0 Å². The Morgan fingerprint density at radius 1 is 1.88 bits per heavy atom. The highest BCUT2D eigenvalue weighted by Crippen LogP contribution is 2.05. The standard InChI is InChI=1S/C4H6ClFOS/c1-2(8)3(7)4(5)6/h2,4,8H,1H3. The maximum absolute atomic E-state index is 11.7. The van der Waals surface area contributed by atoms with Crippen molar-refractivity contribution in [2.75, 3.05) is 0 Å². The van der Waals surface area contributed by atoms with Gasteiger partial charge >= 0.3 is 0 Å². The molecule has 0 aromatic carbocycles. The molecule has 0 aliphatic heterocycles. The summed E-state index contributed by atoms with van der Waals surface area (Å²) in [5.41, 5.74) is -1.90. The van der Waals surface area contributed by atoms with Gasteiger partial charge in [-0.25, -0.2) is 4.39 Å². The first-order valence-corrected chi connectivity index (χ1v) is 3.01. The Labute approximate surface area is 57.6 Å². The average Bonchev–Trinajstić information content (AvgIpc) is 1.64. The highest BCUT2D eigenvalue weighted by Gasteiger charge is 2.16. The van der Waals surface area contributed by atoms with Crippen molar-refractivity contribution in [3.63, 3.8) is 0 Å². The number of Topliss-reactive ketones (excluding diaryl/α,β-unsaturated/α-hetero) is 1. The lowest BCUT2D eigenvalue weighted by Gasteiger charge is -1.99. The lowest BCUT2D eigenvalue weighted by atomic mass is 10.3. The molecule has 0 radical (unpaired) electrons. The van der Waals surface area contributed by atoms with Gasteiger partial charge in [-0.05, 0) is 6.92 Å². The molecule has 2 atom stereocenters. The molecule has 0 heterocycles. The lowest BCUT2D eigenvalue weighted by molar-refractivity contribution is -0.120. The molecule has 48 valence electrons. The Morgan fingerprint density at radius 2 is 2.25 bits per heavy atom. The van der Waals surface area contributed by atoms with Gasteiger partial charge < -0.3 is 0 Å². The summed E-state index contributed by atoms with van der Waals surface area (Å²) < 4.78 is 11.7. The number of ketones is 1. The molecule has 0 rings (SSSR count). The van der Waals surface area contributed by atoms with Crippen molar-refractivity contribution < 1.29 is 9.18 Å². The Hall–Kier alpha value is 0.240. The number of halogens is 2. The molecule has 0 aromatic heterocycles. The Bertz CT molecular complexity index is 84.0. The third kappa shape index (κ3) is 2.52. The van der Waals surface area contributed by atoms with Crippen molar-refractivity contribution in [3.05, 3.63) is 0 Å². The van der Waals surface area contributed by atoms with Gasteiger partial charge in [-0.1, -0.05) is 11.6 Å². The van der Waals surface area contributed by atoms with Gasteiger partial charge in [0, 0.05) is 0 Å². The highest BCUT2D eigenvalue weighted by atomic mass is 35.5. The normalized spacial score (nSPS) is 17.5. The molecule has 0 aliphatic carbocycles. The maximum atomic E-state index is 11.7. The second-order valence-corrected chi connectivity index (χ2v) is 2.54. The molecule has 0 aliphatic rings. The van der Waals surface area contributed by atoms with Gasteiger partial charge in [-0.3, -0.25) is 4.79 Å². The zero-order valence-corrected chi connectivity index (χ0v) is 5.92. The summed E-state index contributed by atoms with van der Waals surface area (Å²) in [6.45, 7) is 1.47. The molecule has 2 unspecified atom stereocenters. The molecule has 0 aromatic rings. The van der Waals surface area contributed by atoms with Crippen LogP contribution in [0.25, 0.3) is 0 Å². The second kappa shape index (κ2) is 3.30. The van der Waals surface area contributed by atoms with Gasteiger partial charge in [0.2, 0.25) is 5.63 Å². The van der Waals surface area contributed by atoms with Gasteiger partial charge in [-0.2, -0.15) is 12.6 Å². The molecule has 0 saturated heterocycles. The average molecular weight is 157 g/mol. The number of hydrogen-bond donors (Lipinski definition) is 1. The van der Waals surface area contributed by atoms with Gasteiger partial charge in [0.1, 0.15) is 0 Å². The first kappa shape index (κ1) is 8.24. The maximum Gasteiger partial charge on any atom is 0.232 e. The van der Waals surface area contributed by atoms with Crippen LogP contribution < -0.4 is 0 Å². The summed E-state index contributed by atoms with van der Waals surface area (Å²) in [5, 5.41) is -0.609. The molecule has 0 N–H and O–H groups in total. The van der Waals surface area contributed by atoms with Crippen molar-refractivity contribution in [3.8, 4) is 0 Å². The van der Waals surface area contributed by atoms with Crippen LogP contribution in [0.15, 0.2) is 0 Å². The van der Waals surface area contributed by atoms with E-state index in [2.05, 4.69) is 12.6 Å². The lowest BCUT2D eigenvalue weighted by Crippen LogP contribution is -2.18. The van der Waals surface area contributed by atoms with E-state index in [4.69, 9.17) is 11.6 Å². The topological polar surface area (TPSA) is 17.1 Å². The van der Waals surface area contributed by atoms with Crippen molar-refractivity contribution in [2.24, 2.45) is 0 Å². The number of thiol groups is 1. The molecule has 0 fully saturated rings. The Kier molecular flexibility index (Phi) is 3.40. The number of carbonyl (C=O) groups is 1. The zero-order valence-electron chi connectivity index (χ0n) is 4.27. The largest absolute Gasteiger partial charge is 0.294 e. The smallest absolute Gasteiger partial charge is 0.232 e. The summed E-state index contributed by atoms with van der Waals surface area (Å²) in [5.74, 6) is -0.685. The highest BCUT2D eigenvalue weighted by molar-refractivity contribution is 7.81. The van der Waals surface area contributed by atoms with Gasteiger partial charge in [-0.15, -0.1) is 0 Å². The molecule has 4 heteroatoms. The van der Waals surface area contributed by atoms with E-state index in [1.165, 1.54) is 6.92 Å². The fourth-order valence-electron chi connectivity index (χ4n) is 0.182. The summed E-state index contributed by atoms with van der Waals surface area (Å²) in [4.78, 5) is 10.3. The van der Waals surface area contributed by atoms with Crippen molar-refractivity contribution in [1.82, 2.24) is 0 Å². The van der Waals surface area contributed by atoms with Crippen LogP contribution in [0, 0.1) is 0 Å². The van der Waals surface area contributed by atoms with Crippen molar-refractivity contribution >= 4 is 30.0 Å². The fourth-order valence-corrected chi connectivity index (χ4v) is 0.590. The van der Waals surface area contributed by atoms with E-state index in [1.807, 2.05) is 0 Å². The van der Waals surface area contributed by atoms with Crippen LogP contribution in [0.3, 0.4) is 0 Å². The molecule has 1 nitrogen and oxygen atoms in total. The molecular weight excluding hydrogens is 151 g/mol. The third-order valence-electron chi connectivity index (χ3n) is 0.627. The van der Waals surface area contributed by atoms with Crippen LogP contribution in [-0.2, 0) is 4.79 Å². The number of hydrogen-bond acceptors (Lipinski definition) is 2. The number of alkyl halides is 2. The predicted octanol–water partition coefficient (Wildman–Crippen LogP) is 1.41. The van der Waals surface area contributed by atoms with Gasteiger partial charge in [0.15, 0.2) is 5.78 Å². The Morgan fingerprint density at radius 3 is 2.25 bits per heavy atom. The molecule has 0 bridgehead atoms. The van der Waals surface area contributed by atoms with E-state index >= 15 is 0 Å². The van der Waals surface area contributed by atoms with Crippen molar-refractivity contribution in [1.29, 1.82) is 0 Å². The van der Waals surface area contributed by atoms with E-state index in [1.54, 1.807) is 0 Å². The van der Waals surface area contributed by atoms with Crippen LogP contribution >= 0.6 is 24.2 Å². The predicted molar refractivity (Wildman–Crippen MR) is 34.2 cm³/mol. The molecular formula is C4H6ClFOS. The molecule has 0 amide bonds. The van der Waals surface area contributed by atoms with Crippen LogP contribution in [0.1, 0.15) is 6.92 Å². The minimum atomic E-state index is -1.90. The Balaban J connectivity index is 3.65. The van der Waals surface area contributed by atoms with Crippen molar-refractivity contribution in [2.45, 2.75) is 17.8 Å². The SMILES string of the molecule is CC(S)C(=O)C(F)Cl. The summed E-state index contributed by atoms with van der Waals surface area (Å²) in [6.07, 6.45) is 0. The van der Waals surface area contributed by atoms with Crippen LogP contribution in [0.5, 0.6) is 0 Å². The minimum Gasteiger partial charge on any atom is -0.294 e. The monoisotopic (exact) mass is 156 g/mol. The summed E-state index contributed by atoms with van der Waals surface area (Å²) in [7, 11) is 0. The minimum absolute atomic E-state index is 0.609. The number of carbonyl (C=O) groups excluding carboxylic acids is 1. The molecule has 8 heavy (non-hydrogen) atoms. The van der Waals surface area contributed by atoms with E-state index in [9.17, 15) is 9.18 Å². The van der Waals surface area contributed by atoms with Gasteiger partial charge in [0.05, 0.1) is 5.25 Å². The fraction of sp³-hybridized carbons (Fsp3) is 0.750. The van der Waals surface area contributed by atoms with Crippen LogP contribution in [0.4, 0.5) is 4.39 Å². The second-order valence-electron chi connectivity index (χ2n) is 1.38. The van der Waals surface area contributed by atoms with E-state index in [0.717, 1.165) is 0 Å².